The van der Waals surface area contributed by atoms with Gasteiger partial charge in [0, 0.05) is 12.0 Å². The maximum Gasteiger partial charge on any atom is 0.307 e. The predicted molar refractivity (Wildman–Crippen MR) is 77.8 cm³/mol. The van der Waals surface area contributed by atoms with E-state index in [9.17, 15) is 9.59 Å². The van der Waals surface area contributed by atoms with E-state index in [1.54, 1.807) is 0 Å². The molecule has 0 spiro atoms. The normalized spacial score (nSPS) is 22.3. The van der Waals surface area contributed by atoms with Crippen LogP contribution in [0.2, 0.25) is 0 Å². The topological polar surface area (TPSA) is 84.9 Å². The van der Waals surface area contributed by atoms with Crippen LogP contribution in [0.5, 0.6) is 11.5 Å². The molecule has 1 aromatic rings. The van der Waals surface area contributed by atoms with Crippen LogP contribution in [0.15, 0.2) is 18.2 Å². The lowest BCUT2D eigenvalue weighted by atomic mass is 9.84. The summed E-state index contributed by atoms with van der Waals surface area (Å²) in [4.78, 5) is 22.8. The second-order valence-corrected chi connectivity index (χ2v) is 6.46. The standard InChI is InChI=1S/C16H19NO5/c1-16(2,7-17-14(18)10-6-11(10)15(19)20)9-3-4-12-13(5-9)22-8-21-12/h3-5,10-11H,6-8H2,1-2H3,(H,17,18)(H,19,20)/t10-,11-/m1/s1. The number of amides is 1. The highest BCUT2D eigenvalue weighted by Crippen LogP contribution is 2.39. The highest BCUT2D eigenvalue weighted by molar-refractivity contribution is 5.89. The largest absolute Gasteiger partial charge is 0.481 e. The molecular weight excluding hydrogens is 286 g/mol. The fraction of sp³-hybridized carbons (Fsp3) is 0.500. The molecular formula is C16H19NO5. The molecule has 2 atom stereocenters. The van der Waals surface area contributed by atoms with Crippen molar-refractivity contribution in [3.05, 3.63) is 23.8 Å². The van der Waals surface area contributed by atoms with Gasteiger partial charge in [0.2, 0.25) is 12.7 Å². The summed E-state index contributed by atoms with van der Waals surface area (Å²) in [7, 11) is 0. The van der Waals surface area contributed by atoms with E-state index in [2.05, 4.69) is 5.32 Å². The van der Waals surface area contributed by atoms with Crippen molar-refractivity contribution < 1.29 is 24.2 Å². The number of nitrogens with one attached hydrogen (secondary N) is 1. The number of hydrogen-bond acceptors (Lipinski definition) is 4. The highest BCUT2D eigenvalue weighted by Gasteiger charge is 2.48. The minimum absolute atomic E-state index is 0.179. The van der Waals surface area contributed by atoms with Gasteiger partial charge in [-0.1, -0.05) is 19.9 Å². The van der Waals surface area contributed by atoms with Gasteiger partial charge in [-0.05, 0) is 24.1 Å². The van der Waals surface area contributed by atoms with Gasteiger partial charge in [-0.2, -0.15) is 0 Å². The van der Waals surface area contributed by atoms with Crippen LogP contribution in [-0.4, -0.2) is 30.3 Å². The van der Waals surface area contributed by atoms with Gasteiger partial charge in [0.25, 0.3) is 0 Å². The lowest BCUT2D eigenvalue weighted by molar-refractivity contribution is -0.140. The number of benzene rings is 1. The highest BCUT2D eigenvalue weighted by atomic mass is 16.7. The first-order chi connectivity index (χ1) is 10.4. The molecule has 0 radical (unpaired) electrons. The first-order valence-corrected chi connectivity index (χ1v) is 7.29. The van der Waals surface area contributed by atoms with Gasteiger partial charge in [-0.3, -0.25) is 9.59 Å². The molecule has 6 nitrogen and oxygen atoms in total. The Morgan fingerprint density at radius 1 is 1.27 bits per heavy atom. The van der Waals surface area contributed by atoms with Crippen LogP contribution < -0.4 is 14.8 Å². The molecule has 118 valence electrons. The van der Waals surface area contributed by atoms with E-state index < -0.39 is 11.9 Å². The summed E-state index contributed by atoms with van der Waals surface area (Å²) in [6.07, 6.45) is 0.436. The quantitative estimate of drug-likeness (QED) is 0.862. The van der Waals surface area contributed by atoms with Gasteiger partial charge >= 0.3 is 5.97 Å². The molecule has 2 N–H and O–H groups in total. The Morgan fingerprint density at radius 3 is 2.68 bits per heavy atom. The predicted octanol–water partition coefficient (Wildman–Crippen LogP) is 1.53. The lowest BCUT2D eigenvalue weighted by Crippen LogP contribution is -2.37. The average molecular weight is 305 g/mol. The van der Waals surface area contributed by atoms with Crippen molar-refractivity contribution in [2.45, 2.75) is 25.7 Å². The number of fused-ring (bicyclic) bond motifs is 1. The number of carbonyl (C=O) groups is 2. The number of aliphatic carboxylic acids is 1. The zero-order chi connectivity index (χ0) is 15.9. The van der Waals surface area contributed by atoms with Crippen molar-refractivity contribution >= 4 is 11.9 Å². The van der Waals surface area contributed by atoms with Crippen LogP contribution in [-0.2, 0) is 15.0 Å². The summed E-state index contributed by atoms with van der Waals surface area (Å²) in [6.45, 7) is 4.71. The molecule has 2 aliphatic rings. The van der Waals surface area contributed by atoms with E-state index in [-0.39, 0.29) is 24.0 Å². The third kappa shape index (κ3) is 2.73. The number of hydrogen-bond donors (Lipinski definition) is 2. The SMILES string of the molecule is CC(C)(CNC(=O)[C@@H]1C[C@H]1C(=O)O)c1ccc2c(c1)OCO2. The van der Waals surface area contributed by atoms with Crippen molar-refractivity contribution in [1.82, 2.24) is 5.32 Å². The van der Waals surface area contributed by atoms with Crippen LogP contribution in [0.1, 0.15) is 25.8 Å². The Kier molecular flexibility index (Phi) is 3.47. The van der Waals surface area contributed by atoms with Crippen LogP contribution >= 0.6 is 0 Å². The number of rotatable bonds is 5. The smallest absolute Gasteiger partial charge is 0.307 e. The van der Waals surface area contributed by atoms with Gasteiger partial charge in [-0.15, -0.1) is 0 Å². The van der Waals surface area contributed by atoms with Crippen molar-refractivity contribution in [2.24, 2.45) is 11.8 Å². The number of carbonyl (C=O) groups excluding carboxylic acids is 1. The molecule has 1 fully saturated rings. The lowest BCUT2D eigenvalue weighted by Gasteiger charge is -2.26. The van der Waals surface area contributed by atoms with Crippen LogP contribution in [0, 0.1) is 11.8 Å². The summed E-state index contributed by atoms with van der Waals surface area (Å²) in [5.74, 6) is -0.536. The molecule has 1 heterocycles. The first kappa shape index (κ1) is 14.7. The van der Waals surface area contributed by atoms with E-state index in [0.29, 0.717) is 18.7 Å². The molecule has 0 aromatic heterocycles. The molecule has 0 bridgehead atoms. The van der Waals surface area contributed by atoms with Crippen molar-refractivity contribution in [3.8, 4) is 11.5 Å². The Morgan fingerprint density at radius 2 is 2.00 bits per heavy atom. The second-order valence-electron chi connectivity index (χ2n) is 6.46. The molecule has 22 heavy (non-hydrogen) atoms. The molecule has 1 saturated carbocycles. The monoisotopic (exact) mass is 305 g/mol. The minimum atomic E-state index is -0.893. The number of carboxylic acid groups (broad SMARTS) is 1. The summed E-state index contributed by atoms with van der Waals surface area (Å²) < 4.78 is 10.7. The molecule has 0 saturated heterocycles. The average Bonchev–Trinajstić information content (AvgIpc) is 3.15. The summed E-state index contributed by atoms with van der Waals surface area (Å²) >= 11 is 0. The number of carboxylic acids is 1. The molecule has 1 aliphatic heterocycles. The fourth-order valence-electron chi connectivity index (χ4n) is 2.62. The molecule has 0 unspecified atom stereocenters. The Labute approximate surface area is 128 Å². The van der Waals surface area contributed by atoms with Crippen molar-refractivity contribution in [1.29, 1.82) is 0 Å². The zero-order valence-electron chi connectivity index (χ0n) is 12.6. The summed E-state index contributed by atoms with van der Waals surface area (Å²) in [5.41, 5.74) is 0.743. The van der Waals surface area contributed by atoms with Gasteiger partial charge in [-0.25, -0.2) is 0 Å². The second kappa shape index (κ2) is 5.19. The summed E-state index contributed by atoms with van der Waals surface area (Å²) in [5, 5.41) is 11.7. The van der Waals surface area contributed by atoms with Gasteiger partial charge in [0.05, 0.1) is 11.8 Å². The summed E-state index contributed by atoms with van der Waals surface area (Å²) in [6, 6.07) is 5.74. The third-order valence-electron chi connectivity index (χ3n) is 4.30. The van der Waals surface area contributed by atoms with Crippen LogP contribution in [0.3, 0.4) is 0 Å². The van der Waals surface area contributed by atoms with Gasteiger partial charge in [0.1, 0.15) is 0 Å². The Balaban J connectivity index is 1.61. The van der Waals surface area contributed by atoms with E-state index in [4.69, 9.17) is 14.6 Å². The zero-order valence-corrected chi connectivity index (χ0v) is 12.6. The Hall–Kier alpha value is -2.24. The van der Waals surface area contributed by atoms with E-state index in [1.807, 2.05) is 32.0 Å². The Bertz CT molecular complexity index is 625. The maximum absolute atomic E-state index is 12.0. The molecule has 3 rings (SSSR count). The molecule has 6 heteroatoms. The minimum Gasteiger partial charge on any atom is -0.481 e. The van der Waals surface area contributed by atoms with Crippen molar-refractivity contribution in [2.75, 3.05) is 13.3 Å². The fourth-order valence-corrected chi connectivity index (χ4v) is 2.62. The maximum atomic E-state index is 12.0. The van der Waals surface area contributed by atoms with E-state index in [0.717, 1.165) is 11.3 Å². The third-order valence-corrected chi connectivity index (χ3v) is 4.30. The molecule has 1 aliphatic carbocycles. The molecule has 1 aromatic carbocycles. The molecule has 1 amide bonds. The van der Waals surface area contributed by atoms with E-state index in [1.165, 1.54) is 0 Å². The van der Waals surface area contributed by atoms with Gasteiger partial charge in [0.15, 0.2) is 11.5 Å². The first-order valence-electron chi connectivity index (χ1n) is 7.29. The number of ether oxygens (including phenoxy) is 2. The van der Waals surface area contributed by atoms with Gasteiger partial charge < -0.3 is 19.9 Å². The van der Waals surface area contributed by atoms with Crippen molar-refractivity contribution in [3.63, 3.8) is 0 Å². The van der Waals surface area contributed by atoms with Crippen LogP contribution in [0.4, 0.5) is 0 Å². The van der Waals surface area contributed by atoms with Crippen LogP contribution in [0.25, 0.3) is 0 Å². The van der Waals surface area contributed by atoms with E-state index >= 15 is 0 Å².